The van der Waals surface area contributed by atoms with E-state index in [9.17, 15) is 4.39 Å². The van der Waals surface area contributed by atoms with Crippen LogP contribution in [-0.2, 0) is 6.42 Å². The van der Waals surface area contributed by atoms with E-state index in [1.807, 2.05) is 12.1 Å². The summed E-state index contributed by atoms with van der Waals surface area (Å²) in [5, 5.41) is 0. The van der Waals surface area contributed by atoms with Gasteiger partial charge in [-0.15, -0.1) is 0 Å². The van der Waals surface area contributed by atoms with Crippen LogP contribution >= 0.6 is 0 Å². The van der Waals surface area contributed by atoms with Gasteiger partial charge in [0.25, 0.3) is 0 Å². The predicted molar refractivity (Wildman–Crippen MR) is 75.1 cm³/mol. The molecule has 2 rings (SSSR count). The molecule has 18 heavy (non-hydrogen) atoms. The van der Waals surface area contributed by atoms with Crippen LogP contribution in [0.5, 0.6) is 0 Å². The van der Waals surface area contributed by atoms with E-state index in [1.54, 1.807) is 17.7 Å². The first kappa shape index (κ1) is 13.3. The standard InChI is InChI=1S/C17H23F/c1-2-3-14-4-6-15(7-5-14)8-9-16-10-12-17(18)13-11-16/h6,10-14H,2-5,7-9H2,1H3. The number of hydrogen-bond acceptors (Lipinski definition) is 0. The van der Waals surface area contributed by atoms with Gasteiger partial charge in [0.1, 0.15) is 5.82 Å². The van der Waals surface area contributed by atoms with Gasteiger partial charge >= 0.3 is 0 Å². The second-order valence-electron chi connectivity index (χ2n) is 5.42. The van der Waals surface area contributed by atoms with Gasteiger partial charge in [-0.3, -0.25) is 0 Å². The number of rotatable bonds is 5. The molecule has 0 amide bonds. The van der Waals surface area contributed by atoms with Crippen LogP contribution in [0.2, 0.25) is 0 Å². The van der Waals surface area contributed by atoms with Crippen molar-refractivity contribution in [2.24, 2.45) is 5.92 Å². The molecule has 0 N–H and O–H groups in total. The lowest BCUT2D eigenvalue weighted by molar-refractivity contribution is 0.428. The van der Waals surface area contributed by atoms with Crippen molar-refractivity contribution in [3.63, 3.8) is 0 Å². The Morgan fingerprint density at radius 3 is 2.56 bits per heavy atom. The predicted octanol–water partition coefficient (Wildman–Crippen LogP) is 5.28. The summed E-state index contributed by atoms with van der Waals surface area (Å²) in [7, 11) is 0. The summed E-state index contributed by atoms with van der Waals surface area (Å²) in [6.45, 7) is 2.27. The van der Waals surface area contributed by atoms with Gasteiger partial charge in [-0.2, -0.15) is 0 Å². The summed E-state index contributed by atoms with van der Waals surface area (Å²) in [5.41, 5.74) is 2.85. The molecule has 0 fully saturated rings. The average Bonchev–Trinajstić information content (AvgIpc) is 2.40. The van der Waals surface area contributed by atoms with E-state index in [-0.39, 0.29) is 5.82 Å². The molecule has 1 unspecified atom stereocenters. The molecular formula is C17H23F. The highest BCUT2D eigenvalue weighted by atomic mass is 19.1. The third-order valence-corrected chi connectivity index (χ3v) is 3.96. The summed E-state index contributed by atoms with van der Waals surface area (Å²) in [6, 6.07) is 6.92. The van der Waals surface area contributed by atoms with Gasteiger partial charge in [-0.1, -0.05) is 43.5 Å². The number of aryl methyl sites for hydroxylation is 1. The summed E-state index contributed by atoms with van der Waals surface area (Å²) in [4.78, 5) is 0. The van der Waals surface area contributed by atoms with Gasteiger partial charge in [-0.25, -0.2) is 4.39 Å². The first-order valence-electron chi connectivity index (χ1n) is 7.20. The Bertz CT molecular complexity index is 389. The van der Waals surface area contributed by atoms with E-state index in [2.05, 4.69) is 13.0 Å². The number of halogens is 1. The molecule has 0 saturated heterocycles. The topological polar surface area (TPSA) is 0 Å². The molecule has 0 nitrogen and oxygen atoms in total. The summed E-state index contributed by atoms with van der Waals surface area (Å²) >= 11 is 0. The molecule has 0 heterocycles. The summed E-state index contributed by atoms with van der Waals surface area (Å²) < 4.78 is 12.8. The fraction of sp³-hybridized carbons (Fsp3) is 0.529. The van der Waals surface area contributed by atoms with Crippen LogP contribution in [0.25, 0.3) is 0 Å². The van der Waals surface area contributed by atoms with Gasteiger partial charge < -0.3 is 0 Å². The van der Waals surface area contributed by atoms with Crippen LogP contribution in [-0.4, -0.2) is 0 Å². The zero-order chi connectivity index (χ0) is 12.8. The van der Waals surface area contributed by atoms with Crippen molar-refractivity contribution in [2.75, 3.05) is 0 Å². The van der Waals surface area contributed by atoms with Crippen molar-refractivity contribution in [3.05, 3.63) is 47.3 Å². The van der Waals surface area contributed by atoms with Crippen LogP contribution in [0.15, 0.2) is 35.9 Å². The third kappa shape index (κ3) is 3.97. The number of allylic oxidation sites excluding steroid dienone is 2. The van der Waals surface area contributed by atoms with Gasteiger partial charge in [0, 0.05) is 0 Å². The van der Waals surface area contributed by atoms with Crippen LogP contribution in [0.1, 0.15) is 51.0 Å². The lowest BCUT2D eigenvalue weighted by atomic mass is 9.85. The smallest absolute Gasteiger partial charge is 0.123 e. The van der Waals surface area contributed by atoms with E-state index in [0.717, 1.165) is 18.8 Å². The molecular weight excluding hydrogens is 223 g/mol. The minimum atomic E-state index is -0.141. The number of benzene rings is 1. The second kappa shape index (κ2) is 6.72. The lowest BCUT2D eigenvalue weighted by Gasteiger charge is -2.21. The van der Waals surface area contributed by atoms with Gasteiger partial charge in [0.2, 0.25) is 0 Å². The van der Waals surface area contributed by atoms with Crippen LogP contribution < -0.4 is 0 Å². The molecule has 0 aliphatic heterocycles. The molecule has 0 radical (unpaired) electrons. The molecule has 0 saturated carbocycles. The first-order chi connectivity index (χ1) is 8.78. The van der Waals surface area contributed by atoms with E-state index in [4.69, 9.17) is 0 Å². The first-order valence-corrected chi connectivity index (χ1v) is 7.20. The normalized spacial score (nSPS) is 19.7. The minimum absolute atomic E-state index is 0.141. The molecule has 0 aromatic heterocycles. The minimum Gasteiger partial charge on any atom is -0.207 e. The molecule has 1 atom stereocenters. The Morgan fingerprint density at radius 2 is 1.94 bits per heavy atom. The largest absolute Gasteiger partial charge is 0.207 e. The highest BCUT2D eigenvalue weighted by Gasteiger charge is 2.13. The second-order valence-corrected chi connectivity index (χ2v) is 5.42. The zero-order valence-corrected chi connectivity index (χ0v) is 11.3. The molecule has 0 spiro atoms. The van der Waals surface area contributed by atoms with Crippen molar-refractivity contribution in [1.82, 2.24) is 0 Å². The van der Waals surface area contributed by atoms with Crippen LogP contribution in [0.3, 0.4) is 0 Å². The quantitative estimate of drug-likeness (QED) is 0.620. The highest BCUT2D eigenvalue weighted by Crippen LogP contribution is 2.29. The molecule has 98 valence electrons. The summed E-state index contributed by atoms with van der Waals surface area (Å²) in [6.07, 6.45) is 11.2. The van der Waals surface area contributed by atoms with Gasteiger partial charge in [0.15, 0.2) is 0 Å². The maximum atomic E-state index is 12.8. The molecule has 1 aliphatic rings. The van der Waals surface area contributed by atoms with Gasteiger partial charge in [-0.05, 0) is 55.7 Å². The van der Waals surface area contributed by atoms with Crippen molar-refractivity contribution in [3.8, 4) is 0 Å². The lowest BCUT2D eigenvalue weighted by Crippen LogP contribution is -2.06. The Kier molecular flexibility index (Phi) is 4.98. The summed E-state index contributed by atoms with van der Waals surface area (Å²) in [5.74, 6) is 0.780. The van der Waals surface area contributed by atoms with Crippen molar-refractivity contribution in [2.45, 2.75) is 51.9 Å². The monoisotopic (exact) mass is 246 g/mol. The van der Waals surface area contributed by atoms with E-state index in [0.29, 0.717) is 0 Å². The Hall–Kier alpha value is -1.11. The van der Waals surface area contributed by atoms with E-state index in [1.165, 1.54) is 37.7 Å². The fourth-order valence-electron chi connectivity index (χ4n) is 2.80. The molecule has 1 aromatic carbocycles. The van der Waals surface area contributed by atoms with Gasteiger partial charge in [0.05, 0.1) is 0 Å². The van der Waals surface area contributed by atoms with Crippen LogP contribution in [0.4, 0.5) is 4.39 Å². The SMILES string of the molecule is CCCC1CC=C(CCc2ccc(F)cc2)CC1. The Balaban J connectivity index is 1.79. The molecule has 1 aliphatic carbocycles. The van der Waals surface area contributed by atoms with E-state index < -0.39 is 0 Å². The fourth-order valence-corrected chi connectivity index (χ4v) is 2.80. The van der Waals surface area contributed by atoms with Crippen molar-refractivity contribution < 1.29 is 4.39 Å². The number of hydrogen-bond donors (Lipinski definition) is 0. The Labute approximate surface area is 110 Å². The molecule has 1 heteroatoms. The van der Waals surface area contributed by atoms with E-state index >= 15 is 0 Å². The maximum absolute atomic E-state index is 12.8. The molecule has 1 aromatic rings. The van der Waals surface area contributed by atoms with Crippen molar-refractivity contribution >= 4 is 0 Å². The molecule has 0 bridgehead atoms. The maximum Gasteiger partial charge on any atom is 0.123 e. The zero-order valence-electron chi connectivity index (χ0n) is 11.3. The third-order valence-electron chi connectivity index (χ3n) is 3.96. The van der Waals surface area contributed by atoms with Crippen molar-refractivity contribution in [1.29, 1.82) is 0 Å². The van der Waals surface area contributed by atoms with Crippen LogP contribution in [0, 0.1) is 11.7 Å². The Morgan fingerprint density at radius 1 is 1.17 bits per heavy atom. The highest BCUT2D eigenvalue weighted by molar-refractivity contribution is 5.18. The average molecular weight is 246 g/mol.